The Bertz CT molecular complexity index is 485. The maximum atomic E-state index is 5.66. The maximum absolute atomic E-state index is 5.66. The summed E-state index contributed by atoms with van der Waals surface area (Å²) in [7, 11) is 1.70. The Morgan fingerprint density at radius 3 is 2.79 bits per heavy atom. The van der Waals surface area contributed by atoms with Gasteiger partial charge >= 0.3 is 0 Å². The van der Waals surface area contributed by atoms with Crippen molar-refractivity contribution in [3.05, 3.63) is 52.2 Å². The van der Waals surface area contributed by atoms with Gasteiger partial charge in [-0.2, -0.15) is 0 Å². The molecule has 0 fully saturated rings. The number of para-hydroxylation sites is 1. The highest BCUT2D eigenvalue weighted by Gasteiger charge is 2.11. The Hall–Kier alpha value is -1.36. The first-order valence-electron chi connectivity index (χ1n) is 6.44. The van der Waals surface area contributed by atoms with E-state index in [1.807, 2.05) is 18.2 Å². The van der Waals surface area contributed by atoms with Gasteiger partial charge in [-0.05, 0) is 42.3 Å². The van der Waals surface area contributed by atoms with Crippen LogP contribution in [0.4, 0.5) is 0 Å². The fraction of sp³-hybridized carbons (Fsp3) is 0.333. The fourth-order valence-electron chi connectivity index (χ4n) is 2.15. The standard InChI is InChI=1S/C15H20N2OS/c1-18-15-7-3-2-5-12(15)11-13(17-16)8-9-14-6-4-10-19-14/h2-7,10,13,17H,8-9,11,16H2,1H3. The molecule has 0 aliphatic heterocycles. The number of hydrogen-bond acceptors (Lipinski definition) is 4. The van der Waals surface area contributed by atoms with Crippen LogP contribution in [-0.2, 0) is 12.8 Å². The summed E-state index contributed by atoms with van der Waals surface area (Å²) in [6.07, 6.45) is 2.96. The monoisotopic (exact) mass is 276 g/mol. The zero-order valence-corrected chi connectivity index (χ0v) is 12.0. The van der Waals surface area contributed by atoms with Crippen LogP contribution in [0.15, 0.2) is 41.8 Å². The van der Waals surface area contributed by atoms with E-state index in [1.54, 1.807) is 18.4 Å². The van der Waals surface area contributed by atoms with Gasteiger partial charge in [0.25, 0.3) is 0 Å². The lowest BCUT2D eigenvalue weighted by molar-refractivity contribution is 0.403. The van der Waals surface area contributed by atoms with E-state index in [1.165, 1.54) is 10.4 Å². The van der Waals surface area contributed by atoms with Crippen LogP contribution in [0.1, 0.15) is 16.9 Å². The minimum Gasteiger partial charge on any atom is -0.496 e. The van der Waals surface area contributed by atoms with Gasteiger partial charge in [-0.25, -0.2) is 0 Å². The first-order chi connectivity index (χ1) is 9.33. The third kappa shape index (κ3) is 4.06. The molecule has 3 nitrogen and oxygen atoms in total. The summed E-state index contributed by atoms with van der Waals surface area (Å²) in [5, 5.41) is 2.11. The molecule has 0 saturated carbocycles. The second kappa shape index (κ2) is 7.28. The second-order valence-electron chi connectivity index (χ2n) is 4.50. The number of ether oxygens (including phenoxy) is 1. The largest absolute Gasteiger partial charge is 0.496 e. The van der Waals surface area contributed by atoms with Gasteiger partial charge in [-0.1, -0.05) is 24.3 Å². The Morgan fingerprint density at radius 1 is 1.26 bits per heavy atom. The molecule has 1 heterocycles. The normalized spacial score (nSPS) is 12.3. The Kier molecular flexibility index (Phi) is 5.39. The zero-order chi connectivity index (χ0) is 13.5. The summed E-state index contributed by atoms with van der Waals surface area (Å²) in [6.45, 7) is 0. The summed E-state index contributed by atoms with van der Waals surface area (Å²) < 4.78 is 5.37. The molecule has 2 rings (SSSR count). The third-order valence-corrected chi connectivity index (χ3v) is 4.15. The SMILES string of the molecule is COc1ccccc1CC(CCc1cccs1)NN. The summed E-state index contributed by atoms with van der Waals surface area (Å²) in [5.41, 5.74) is 4.11. The second-order valence-corrected chi connectivity index (χ2v) is 5.53. The Labute approximate surface area is 118 Å². The lowest BCUT2D eigenvalue weighted by Crippen LogP contribution is -2.37. The Balaban J connectivity index is 1.94. The summed E-state index contributed by atoms with van der Waals surface area (Å²) >= 11 is 1.80. The summed E-state index contributed by atoms with van der Waals surface area (Å²) in [5.74, 6) is 6.59. The van der Waals surface area contributed by atoms with Gasteiger partial charge in [-0.15, -0.1) is 11.3 Å². The van der Waals surface area contributed by atoms with E-state index < -0.39 is 0 Å². The number of thiophene rings is 1. The molecule has 2 aromatic rings. The van der Waals surface area contributed by atoms with Crippen LogP contribution in [0, 0.1) is 0 Å². The maximum Gasteiger partial charge on any atom is 0.122 e. The molecule has 0 spiro atoms. The van der Waals surface area contributed by atoms with E-state index in [0.717, 1.165) is 25.0 Å². The molecular weight excluding hydrogens is 256 g/mol. The number of nitrogens with one attached hydrogen (secondary N) is 1. The number of nitrogens with two attached hydrogens (primary N) is 1. The predicted octanol–water partition coefficient (Wildman–Crippen LogP) is 2.76. The fourth-order valence-corrected chi connectivity index (χ4v) is 2.88. The van der Waals surface area contributed by atoms with Gasteiger partial charge in [0.15, 0.2) is 0 Å². The molecule has 1 unspecified atom stereocenters. The van der Waals surface area contributed by atoms with Crippen LogP contribution in [0.25, 0.3) is 0 Å². The van der Waals surface area contributed by atoms with Gasteiger partial charge in [0.1, 0.15) is 5.75 Å². The summed E-state index contributed by atoms with van der Waals surface area (Å²) in [4.78, 5) is 1.40. The Morgan fingerprint density at radius 2 is 2.11 bits per heavy atom. The van der Waals surface area contributed by atoms with Crippen LogP contribution in [0.2, 0.25) is 0 Å². The smallest absolute Gasteiger partial charge is 0.122 e. The number of aryl methyl sites for hydroxylation is 1. The average molecular weight is 276 g/mol. The van der Waals surface area contributed by atoms with Gasteiger partial charge in [0.05, 0.1) is 7.11 Å². The zero-order valence-electron chi connectivity index (χ0n) is 11.1. The first-order valence-corrected chi connectivity index (χ1v) is 7.32. The molecule has 19 heavy (non-hydrogen) atoms. The molecule has 0 radical (unpaired) electrons. The predicted molar refractivity (Wildman–Crippen MR) is 80.4 cm³/mol. The lowest BCUT2D eigenvalue weighted by Gasteiger charge is -2.17. The number of methoxy groups -OCH3 is 1. The quantitative estimate of drug-likeness (QED) is 0.604. The highest BCUT2D eigenvalue weighted by atomic mass is 32.1. The highest BCUT2D eigenvalue weighted by Crippen LogP contribution is 2.20. The van der Waals surface area contributed by atoms with Crippen molar-refractivity contribution >= 4 is 11.3 Å². The molecule has 1 aromatic carbocycles. The molecule has 1 aromatic heterocycles. The molecule has 0 aliphatic carbocycles. The van der Waals surface area contributed by atoms with Crippen molar-refractivity contribution in [3.63, 3.8) is 0 Å². The van der Waals surface area contributed by atoms with Gasteiger partial charge < -0.3 is 4.74 Å². The molecule has 0 saturated heterocycles. The molecule has 4 heteroatoms. The van der Waals surface area contributed by atoms with Crippen LogP contribution in [0.3, 0.4) is 0 Å². The minimum absolute atomic E-state index is 0.262. The molecule has 102 valence electrons. The minimum atomic E-state index is 0.262. The number of hydrogen-bond donors (Lipinski definition) is 2. The third-order valence-electron chi connectivity index (χ3n) is 3.21. The highest BCUT2D eigenvalue weighted by molar-refractivity contribution is 7.09. The van der Waals surface area contributed by atoms with Crippen molar-refractivity contribution < 1.29 is 4.74 Å². The molecule has 3 N–H and O–H groups in total. The number of hydrazine groups is 1. The summed E-state index contributed by atoms with van der Waals surface area (Å²) in [6, 6.07) is 12.6. The van der Waals surface area contributed by atoms with Crippen molar-refractivity contribution in [2.45, 2.75) is 25.3 Å². The molecule has 1 atom stereocenters. The van der Waals surface area contributed by atoms with Crippen molar-refractivity contribution in [2.75, 3.05) is 7.11 Å². The topological polar surface area (TPSA) is 47.3 Å². The van der Waals surface area contributed by atoms with Crippen molar-refractivity contribution in [1.82, 2.24) is 5.43 Å². The molecule has 0 bridgehead atoms. The number of rotatable bonds is 7. The van der Waals surface area contributed by atoms with E-state index >= 15 is 0 Å². The lowest BCUT2D eigenvalue weighted by atomic mass is 10.0. The van der Waals surface area contributed by atoms with E-state index in [-0.39, 0.29) is 6.04 Å². The average Bonchev–Trinajstić information content (AvgIpc) is 2.97. The van der Waals surface area contributed by atoms with E-state index in [4.69, 9.17) is 10.6 Å². The van der Waals surface area contributed by atoms with Gasteiger partial charge in [-0.3, -0.25) is 11.3 Å². The van der Waals surface area contributed by atoms with Crippen LogP contribution < -0.4 is 16.0 Å². The number of benzene rings is 1. The first kappa shape index (κ1) is 14.1. The van der Waals surface area contributed by atoms with E-state index in [0.29, 0.717) is 0 Å². The van der Waals surface area contributed by atoms with E-state index in [9.17, 15) is 0 Å². The molecule has 0 amide bonds. The van der Waals surface area contributed by atoms with Crippen molar-refractivity contribution in [1.29, 1.82) is 0 Å². The van der Waals surface area contributed by atoms with Crippen molar-refractivity contribution in [2.24, 2.45) is 5.84 Å². The van der Waals surface area contributed by atoms with Crippen molar-refractivity contribution in [3.8, 4) is 5.75 Å². The van der Waals surface area contributed by atoms with E-state index in [2.05, 4.69) is 29.0 Å². The molecule has 0 aliphatic rings. The van der Waals surface area contributed by atoms with Crippen LogP contribution >= 0.6 is 11.3 Å². The molecular formula is C15H20N2OS. The van der Waals surface area contributed by atoms with Gasteiger partial charge in [0.2, 0.25) is 0 Å². The van der Waals surface area contributed by atoms with Crippen LogP contribution in [-0.4, -0.2) is 13.2 Å². The van der Waals surface area contributed by atoms with Gasteiger partial charge in [0, 0.05) is 10.9 Å². The van der Waals surface area contributed by atoms with Crippen LogP contribution in [0.5, 0.6) is 5.75 Å².